The van der Waals surface area contributed by atoms with E-state index in [0.29, 0.717) is 17.2 Å². The quantitative estimate of drug-likeness (QED) is 0.175. The second-order valence-electron chi connectivity index (χ2n) is 14.7. The minimum atomic E-state index is 0. The van der Waals surface area contributed by atoms with Crippen LogP contribution in [0.25, 0.3) is 88.6 Å². The normalized spacial score (nSPS) is 13.4. The Morgan fingerprint density at radius 1 is 0.704 bits per heavy atom. The van der Waals surface area contributed by atoms with Gasteiger partial charge in [-0.05, 0) is 91.6 Å². The molecule has 3 heterocycles. The molecular weight excluding hydrogens is 846 g/mol. The van der Waals surface area contributed by atoms with E-state index in [1.54, 1.807) is 6.07 Å². The molecule has 1 fully saturated rings. The first kappa shape index (κ1) is 34.3. The second kappa shape index (κ2) is 13.4. The van der Waals surface area contributed by atoms with Gasteiger partial charge >= 0.3 is 0 Å². The number of pyridine rings is 1. The molecule has 0 amide bonds. The molecule has 0 unspecified atom stereocenters. The molecule has 1 aliphatic carbocycles. The van der Waals surface area contributed by atoms with E-state index in [9.17, 15) is 5.11 Å². The molecule has 3 aromatic heterocycles. The van der Waals surface area contributed by atoms with Crippen LogP contribution in [0.1, 0.15) is 48.4 Å². The zero-order valence-corrected chi connectivity index (χ0v) is 32.7. The Hall–Kier alpha value is -5.51. The Balaban J connectivity index is 0.00000384. The maximum Gasteiger partial charge on any atom is 0.144 e. The number of aromatic nitrogens is 3. The minimum Gasteiger partial charge on any atom is -0.507 e. The summed E-state index contributed by atoms with van der Waals surface area (Å²) < 4.78 is 8.50. The van der Waals surface area contributed by atoms with Crippen molar-refractivity contribution < 1.29 is 30.6 Å². The number of hydrogen-bond donors (Lipinski definition) is 1. The second-order valence-corrected chi connectivity index (χ2v) is 14.7. The zero-order chi connectivity index (χ0) is 35.8. The SMILES string of the molecule is Cc1cc(C)c(-c2cc(-c3[c-]c(-c4cccc5c4nc(-c4cc6c(cc4O)oc4ccccc46)n5C4CCCC4)ccc3)c3ncccc3c2)c(C)c1.[Pt]. The van der Waals surface area contributed by atoms with Gasteiger partial charge in [-0.25, -0.2) is 4.98 Å². The molecule has 9 aromatic rings. The third-order valence-corrected chi connectivity index (χ3v) is 11.2. The molecule has 54 heavy (non-hydrogen) atoms. The van der Waals surface area contributed by atoms with Crippen LogP contribution in [-0.4, -0.2) is 19.6 Å². The molecule has 0 spiro atoms. The molecule has 0 aliphatic heterocycles. The van der Waals surface area contributed by atoms with Crippen molar-refractivity contribution >= 4 is 43.9 Å². The van der Waals surface area contributed by atoms with Gasteiger partial charge in [-0.3, -0.25) is 4.98 Å². The fourth-order valence-electron chi connectivity index (χ4n) is 8.96. The van der Waals surface area contributed by atoms with Gasteiger partial charge in [-0.2, -0.15) is 0 Å². The Morgan fingerprint density at radius 2 is 1.46 bits per heavy atom. The zero-order valence-electron chi connectivity index (χ0n) is 30.4. The Kier molecular flexibility index (Phi) is 8.51. The number of nitrogens with zero attached hydrogens (tertiary/aromatic N) is 3. The Bertz CT molecular complexity index is 2890. The molecule has 0 bridgehead atoms. The third kappa shape index (κ3) is 5.56. The predicted octanol–water partition coefficient (Wildman–Crippen LogP) is 12.7. The summed E-state index contributed by atoms with van der Waals surface area (Å²) in [6, 6.07) is 42.0. The molecule has 0 radical (unpaired) electrons. The number of aromatic hydroxyl groups is 1. The largest absolute Gasteiger partial charge is 0.507 e. The first-order chi connectivity index (χ1) is 25.9. The number of imidazole rings is 1. The van der Waals surface area contributed by atoms with Gasteiger partial charge in [0.1, 0.15) is 22.7 Å². The van der Waals surface area contributed by atoms with Crippen LogP contribution in [0.15, 0.2) is 120 Å². The van der Waals surface area contributed by atoms with Crippen LogP contribution in [-0.2, 0) is 21.1 Å². The van der Waals surface area contributed by atoms with Crippen LogP contribution in [0, 0.1) is 26.8 Å². The number of hydrogen-bond acceptors (Lipinski definition) is 4. The molecular formula is C48H38N3O2Pt-. The molecule has 0 atom stereocenters. The number of phenolic OH excluding ortho intramolecular Hbond substituents is 1. The van der Waals surface area contributed by atoms with Crippen LogP contribution in [0.4, 0.5) is 0 Å². The number of benzene rings is 6. The first-order valence-electron chi connectivity index (χ1n) is 18.6. The van der Waals surface area contributed by atoms with Gasteiger partial charge in [0, 0.05) is 55.7 Å². The number of phenols is 1. The standard InChI is InChI=1S/C48H38N3O2.Pt/c1-28-21-29(2)45(30(3)22-28)34-24-33-13-10-20-49-46(33)38(25-34)32-12-8-11-31(23-32)36-17-9-18-41-47(36)50-48(51(41)35-14-4-5-15-35)40-26-39-37-16-6-7-19-43(37)53-44(39)27-42(40)52;/h6-13,16-22,24-27,35,52H,4-5,14-15H2,1-3H3;/q-1;. The van der Waals surface area contributed by atoms with E-state index < -0.39 is 0 Å². The summed E-state index contributed by atoms with van der Waals surface area (Å²) in [5.41, 5.74) is 15.4. The maximum atomic E-state index is 11.5. The molecule has 5 nitrogen and oxygen atoms in total. The van der Waals surface area contributed by atoms with Crippen LogP contribution in [0.2, 0.25) is 0 Å². The van der Waals surface area contributed by atoms with Crippen molar-refractivity contribution in [3.8, 4) is 50.5 Å². The summed E-state index contributed by atoms with van der Waals surface area (Å²) in [6.07, 6.45) is 6.39. The van der Waals surface area contributed by atoms with Crippen molar-refractivity contribution in [1.29, 1.82) is 0 Å². The third-order valence-electron chi connectivity index (χ3n) is 11.2. The summed E-state index contributed by atoms with van der Waals surface area (Å²) in [5.74, 6) is 0.950. The summed E-state index contributed by atoms with van der Waals surface area (Å²) in [5, 5.41) is 14.6. The van der Waals surface area contributed by atoms with Crippen molar-refractivity contribution in [2.75, 3.05) is 0 Å². The van der Waals surface area contributed by atoms with Gasteiger partial charge in [0.2, 0.25) is 0 Å². The fourth-order valence-corrected chi connectivity index (χ4v) is 8.96. The Labute approximate surface area is 328 Å². The smallest absolute Gasteiger partial charge is 0.144 e. The monoisotopic (exact) mass is 883 g/mol. The van der Waals surface area contributed by atoms with E-state index >= 15 is 0 Å². The molecule has 0 saturated heterocycles. The minimum absolute atomic E-state index is 0. The van der Waals surface area contributed by atoms with Crippen molar-refractivity contribution in [3.63, 3.8) is 0 Å². The van der Waals surface area contributed by atoms with Crippen LogP contribution < -0.4 is 0 Å². The molecule has 10 rings (SSSR count). The van der Waals surface area contributed by atoms with Crippen molar-refractivity contribution in [2.24, 2.45) is 0 Å². The average Bonchev–Trinajstić information content (AvgIpc) is 3.91. The van der Waals surface area contributed by atoms with E-state index in [-0.39, 0.29) is 26.8 Å². The van der Waals surface area contributed by atoms with E-state index in [2.05, 4.69) is 110 Å². The van der Waals surface area contributed by atoms with E-state index in [0.717, 1.165) is 79.2 Å². The van der Waals surface area contributed by atoms with Gasteiger partial charge in [0.15, 0.2) is 0 Å². The Morgan fingerprint density at radius 3 is 2.28 bits per heavy atom. The number of fused-ring (bicyclic) bond motifs is 5. The summed E-state index contributed by atoms with van der Waals surface area (Å²) >= 11 is 0. The van der Waals surface area contributed by atoms with Gasteiger partial charge < -0.3 is 14.1 Å². The van der Waals surface area contributed by atoms with E-state index in [4.69, 9.17) is 14.4 Å². The summed E-state index contributed by atoms with van der Waals surface area (Å²) in [7, 11) is 0. The summed E-state index contributed by atoms with van der Waals surface area (Å²) in [6.45, 7) is 6.55. The fraction of sp³-hybridized carbons (Fsp3) is 0.167. The average molecular weight is 884 g/mol. The summed E-state index contributed by atoms with van der Waals surface area (Å²) in [4.78, 5) is 10.3. The number of rotatable bonds is 5. The van der Waals surface area contributed by atoms with Crippen molar-refractivity contribution in [3.05, 3.63) is 138 Å². The number of aryl methyl sites for hydroxylation is 3. The van der Waals surface area contributed by atoms with Gasteiger partial charge in [0.25, 0.3) is 0 Å². The maximum absolute atomic E-state index is 11.5. The molecule has 6 aromatic carbocycles. The van der Waals surface area contributed by atoms with E-state index in [1.165, 1.54) is 40.7 Å². The molecule has 6 heteroatoms. The van der Waals surface area contributed by atoms with Crippen molar-refractivity contribution in [1.82, 2.24) is 14.5 Å². The molecule has 268 valence electrons. The first-order valence-corrected chi connectivity index (χ1v) is 18.6. The van der Waals surface area contributed by atoms with Gasteiger partial charge in [-0.15, -0.1) is 35.4 Å². The predicted molar refractivity (Wildman–Crippen MR) is 216 cm³/mol. The molecule has 1 saturated carbocycles. The van der Waals surface area contributed by atoms with E-state index in [1.807, 2.05) is 30.5 Å². The van der Waals surface area contributed by atoms with Gasteiger partial charge in [0.05, 0.1) is 16.6 Å². The molecule has 1 N–H and O–H groups in total. The van der Waals surface area contributed by atoms with Crippen LogP contribution in [0.3, 0.4) is 0 Å². The van der Waals surface area contributed by atoms with Crippen molar-refractivity contribution in [2.45, 2.75) is 52.5 Å². The van der Waals surface area contributed by atoms with Gasteiger partial charge in [-0.1, -0.05) is 84.1 Å². The van der Waals surface area contributed by atoms with Crippen LogP contribution in [0.5, 0.6) is 5.75 Å². The topological polar surface area (TPSA) is 64.1 Å². The number of para-hydroxylation sites is 2. The molecule has 1 aliphatic rings. The number of furan rings is 1. The van der Waals surface area contributed by atoms with Crippen LogP contribution >= 0.6 is 0 Å².